The van der Waals surface area contributed by atoms with Gasteiger partial charge in [-0.1, -0.05) is 19.8 Å². The highest BCUT2D eigenvalue weighted by Gasteiger charge is 2.25. The van der Waals surface area contributed by atoms with E-state index >= 15 is 0 Å². The molecule has 0 unspecified atom stereocenters. The summed E-state index contributed by atoms with van der Waals surface area (Å²) >= 11 is 0. The Morgan fingerprint density at radius 3 is 2.85 bits per heavy atom. The molecule has 0 aliphatic heterocycles. The SMILES string of the molecule is C#CCN(CC1CC1)c1cc(C)ncc1CNC(C)C. The van der Waals surface area contributed by atoms with Gasteiger partial charge in [-0.15, -0.1) is 6.42 Å². The van der Waals surface area contributed by atoms with E-state index in [1.165, 1.54) is 24.1 Å². The molecule has 0 saturated heterocycles. The lowest BCUT2D eigenvalue weighted by atomic mass is 10.1. The minimum atomic E-state index is 0.466. The van der Waals surface area contributed by atoms with Gasteiger partial charge in [0, 0.05) is 42.3 Å². The number of nitrogens with one attached hydrogen (secondary N) is 1. The van der Waals surface area contributed by atoms with Gasteiger partial charge < -0.3 is 10.2 Å². The topological polar surface area (TPSA) is 28.2 Å². The highest BCUT2D eigenvalue weighted by Crippen LogP contribution is 2.32. The molecule has 0 aromatic carbocycles. The molecular formula is C17H25N3. The van der Waals surface area contributed by atoms with E-state index in [0.29, 0.717) is 12.6 Å². The van der Waals surface area contributed by atoms with E-state index < -0.39 is 0 Å². The van der Waals surface area contributed by atoms with Gasteiger partial charge >= 0.3 is 0 Å². The summed E-state index contributed by atoms with van der Waals surface area (Å²) in [7, 11) is 0. The van der Waals surface area contributed by atoms with Gasteiger partial charge in [-0.05, 0) is 31.7 Å². The van der Waals surface area contributed by atoms with Crippen molar-refractivity contribution in [1.29, 1.82) is 0 Å². The molecule has 108 valence electrons. The summed E-state index contributed by atoms with van der Waals surface area (Å²) in [5, 5.41) is 3.47. The molecule has 0 amide bonds. The fourth-order valence-corrected chi connectivity index (χ4v) is 2.29. The molecule has 20 heavy (non-hydrogen) atoms. The largest absolute Gasteiger partial charge is 0.360 e. The number of aryl methyl sites for hydroxylation is 1. The van der Waals surface area contributed by atoms with Gasteiger partial charge in [0.2, 0.25) is 0 Å². The third-order valence-electron chi connectivity index (χ3n) is 3.60. The minimum absolute atomic E-state index is 0.466. The fraction of sp³-hybridized carbons (Fsp3) is 0.588. The Morgan fingerprint density at radius 2 is 2.25 bits per heavy atom. The molecule has 1 aromatic rings. The standard InChI is InChI=1S/C17H25N3/c1-5-8-20(12-15-6-7-15)17-9-14(4)19-11-16(17)10-18-13(2)3/h1,9,11,13,15,18H,6-8,10,12H2,2-4H3. The van der Waals surface area contributed by atoms with Crippen LogP contribution < -0.4 is 10.2 Å². The molecule has 0 radical (unpaired) electrons. The van der Waals surface area contributed by atoms with E-state index in [4.69, 9.17) is 6.42 Å². The highest BCUT2D eigenvalue weighted by molar-refractivity contribution is 5.54. The molecule has 1 aliphatic rings. The maximum absolute atomic E-state index is 5.55. The van der Waals surface area contributed by atoms with Gasteiger partial charge in [-0.25, -0.2) is 0 Å². The zero-order valence-electron chi connectivity index (χ0n) is 12.8. The maximum Gasteiger partial charge on any atom is 0.0791 e. The molecule has 3 heteroatoms. The molecule has 0 atom stereocenters. The third-order valence-corrected chi connectivity index (χ3v) is 3.60. The first kappa shape index (κ1) is 14.9. The molecular weight excluding hydrogens is 246 g/mol. The van der Waals surface area contributed by atoms with E-state index in [1.807, 2.05) is 13.1 Å². The van der Waals surface area contributed by atoms with Gasteiger partial charge in [0.1, 0.15) is 0 Å². The van der Waals surface area contributed by atoms with Crippen LogP contribution in [0, 0.1) is 25.2 Å². The van der Waals surface area contributed by atoms with Crippen LogP contribution in [0.3, 0.4) is 0 Å². The van der Waals surface area contributed by atoms with E-state index in [2.05, 4.69) is 41.0 Å². The van der Waals surface area contributed by atoms with Crippen LogP contribution in [-0.4, -0.2) is 24.1 Å². The molecule has 1 aliphatic carbocycles. The van der Waals surface area contributed by atoms with Gasteiger partial charge in [-0.3, -0.25) is 4.98 Å². The summed E-state index contributed by atoms with van der Waals surface area (Å²) in [6.45, 7) is 8.94. The van der Waals surface area contributed by atoms with Crippen molar-refractivity contribution < 1.29 is 0 Å². The normalized spacial score (nSPS) is 14.3. The number of pyridine rings is 1. The van der Waals surface area contributed by atoms with Gasteiger partial charge in [0.15, 0.2) is 0 Å². The Morgan fingerprint density at radius 1 is 1.50 bits per heavy atom. The van der Waals surface area contributed by atoms with Crippen molar-refractivity contribution in [2.24, 2.45) is 5.92 Å². The first-order chi connectivity index (χ1) is 9.60. The summed E-state index contributed by atoms with van der Waals surface area (Å²) in [6.07, 6.45) is 10.2. The zero-order chi connectivity index (χ0) is 14.5. The van der Waals surface area contributed by atoms with Crippen molar-refractivity contribution in [2.45, 2.75) is 46.2 Å². The van der Waals surface area contributed by atoms with Crippen LogP contribution >= 0.6 is 0 Å². The summed E-state index contributed by atoms with van der Waals surface area (Å²) in [4.78, 5) is 6.77. The summed E-state index contributed by atoms with van der Waals surface area (Å²) < 4.78 is 0. The van der Waals surface area contributed by atoms with Crippen LogP contribution in [0.25, 0.3) is 0 Å². The smallest absolute Gasteiger partial charge is 0.0791 e. The monoisotopic (exact) mass is 271 g/mol. The highest BCUT2D eigenvalue weighted by atomic mass is 15.1. The zero-order valence-corrected chi connectivity index (χ0v) is 12.8. The first-order valence-electron chi connectivity index (χ1n) is 7.47. The molecule has 1 heterocycles. The molecule has 0 spiro atoms. The van der Waals surface area contributed by atoms with Crippen LogP contribution in [0.1, 0.15) is 37.9 Å². The van der Waals surface area contributed by atoms with E-state index in [9.17, 15) is 0 Å². The first-order valence-corrected chi connectivity index (χ1v) is 7.47. The quantitative estimate of drug-likeness (QED) is 0.773. The summed E-state index contributed by atoms with van der Waals surface area (Å²) in [6, 6.07) is 2.63. The average molecular weight is 271 g/mol. The Hall–Kier alpha value is -1.53. The van der Waals surface area contributed by atoms with Crippen LogP contribution in [0.5, 0.6) is 0 Å². The number of anilines is 1. The maximum atomic E-state index is 5.55. The number of nitrogens with zero attached hydrogens (tertiary/aromatic N) is 2. The van der Waals surface area contributed by atoms with Crippen molar-refractivity contribution in [3.63, 3.8) is 0 Å². The van der Waals surface area contributed by atoms with Crippen molar-refractivity contribution in [3.8, 4) is 12.3 Å². The summed E-state index contributed by atoms with van der Waals surface area (Å²) in [5.74, 6) is 3.62. The lowest BCUT2D eigenvalue weighted by Crippen LogP contribution is -2.29. The average Bonchev–Trinajstić information content (AvgIpc) is 3.20. The predicted molar refractivity (Wildman–Crippen MR) is 84.7 cm³/mol. The molecule has 0 bridgehead atoms. The number of terminal acetylenes is 1. The summed E-state index contributed by atoms with van der Waals surface area (Å²) in [5.41, 5.74) is 3.53. The van der Waals surface area contributed by atoms with Crippen molar-refractivity contribution >= 4 is 5.69 Å². The second kappa shape index (κ2) is 6.76. The van der Waals surface area contributed by atoms with E-state index in [-0.39, 0.29) is 0 Å². The molecule has 1 fully saturated rings. The third kappa shape index (κ3) is 4.25. The Bertz CT molecular complexity index is 483. The Kier molecular flexibility index (Phi) is 5.03. The second-order valence-corrected chi connectivity index (χ2v) is 6.02. The van der Waals surface area contributed by atoms with E-state index in [0.717, 1.165) is 24.7 Å². The van der Waals surface area contributed by atoms with Crippen LogP contribution in [0.15, 0.2) is 12.3 Å². The van der Waals surface area contributed by atoms with Gasteiger partial charge in [-0.2, -0.15) is 0 Å². The number of rotatable bonds is 7. The van der Waals surface area contributed by atoms with Gasteiger partial charge in [0.25, 0.3) is 0 Å². The van der Waals surface area contributed by atoms with Crippen molar-refractivity contribution in [2.75, 3.05) is 18.0 Å². The molecule has 1 saturated carbocycles. The van der Waals surface area contributed by atoms with Crippen LogP contribution in [-0.2, 0) is 6.54 Å². The predicted octanol–water partition coefficient (Wildman–Crippen LogP) is 2.74. The van der Waals surface area contributed by atoms with Crippen molar-refractivity contribution in [1.82, 2.24) is 10.3 Å². The molecule has 1 N–H and O–H groups in total. The minimum Gasteiger partial charge on any atom is -0.360 e. The number of hydrogen-bond acceptors (Lipinski definition) is 3. The van der Waals surface area contributed by atoms with E-state index in [1.54, 1.807) is 0 Å². The lowest BCUT2D eigenvalue weighted by molar-refractivity contribution is 0.586. The molecule has 2 rings (SSSR count). The van der Waals surface area contributed by atoms with Crippen LogP contribution in [0.2, 0.25) is 0 Å². The number of aromatic nitrogens is 1. The lowest BCUT2D eigenvalue weighted by Gasteiger charge is -2.26. The Labute approximate surface area is 122 Å². The number of hydrogen-bond donors (Lipinski definition) is 1. The molecule has 3 nitrogen and oxygen atoms in total. The van der Waals surface area contributed by atoms with Crippen molar-refractivity contribution in [3.05, 3.63) is 23.5 Å². The second-order valence-electron chi connectivity index (χ2n) is 6.02. The Balaban J connectivity index is 2.20. The molecule has 1 aromatic heterocycles. The fourth-order valence-electron chi connectivity index (χ4n) is 2.29. The van der Waals surface area contributed by atoms with Gasteiger partial charge in [0.05, 0.1) is 6.54 Å². The van der Waals surface area contributed by atoms with Crippen LogP contribution in [0.4, 0.5) is 5.69 Å².